The van der Waals surface area contributed by atoms with Crippen LogP contribution in [0.2, 0.25) is 0 Å². The molecule has 0 radical (unpaired) electrons. The maximum atomic E-state index is 14.8. The van der Waals surface area contributed by atoms with Crippen molar-refractivity contribution < 1.29 is 160 Å². The largest absolute Gasteiger partial charge is 1.00 e. The molecule has 7 aromatic rings. The molecule has 25 nitrogen and oxygen atoms in total. The summed E-state index contributed by atoms with van der Waals surface area (Å²) in [4.78, 5) is 75.0. The molecular weight excluding hydrogens is 1830 g/mol. The number of nitrogens with zero attached hydrogens (tertiary/aromatic N) is 6. The molecule has 9 aliphatic heterocycles. The number of alkyl halides is 6. The number of methoxy groups -OCH3 is 4. The van der Waals surface area contributed by atoms with Gasteiger partial charge in [0.25, 0.3) is 0 Å². The number of hydrogen-bond donors (Lipinski definition) is 0. The second-order valence-electron chi connectivity index (χ2n) is 32.2. The van der Waals surface area contributed by atoms with E-state index in [9.17, 15) is 58.7 Å². The van der Waals surface area contributed by atoms with Gasteiger partial charge < -0.3 is 111 Å². The van der Waals surface area contributed by atoms with Crippen molar-refractivity contribution in [2.75, 3.05) is 138 Å². The Hall–Kier alpha value is -9.69. The van der Waals surface area contributed by atoms with Gasteiger partial charge in [0.05, 0.1) is 130 Å². The fourth-order valence-electron chi connectivity index (χ4n) is 17.0. The molecule has 9 fully saturated rings. The van der Waals surface area contributed by atoms with Crippen molar-refractivity contribution in [2.24, 2.45) is 17.8 Å². The molecule has 9 aliphatic rings. The standard InChI is InChI=1S/C31H45N2O7.C28H29BrF3N2O3S.C27H37N2O5.2C2HF3O2.BrH/c1-5-38-30(34)8-6-7-17-33-18-14-25(15-19-33)29(22-33)40-31(35)32(21-26-11-9-23(2)39-26)16-13-24-10-12-27(36-3)28(20-24)37-4;29-27-8-7-21(38-27)17-33(25-16-23(31)22(30)15-24(25)32)28(35)37-26-18-34(12-9-19(26)10-13-34)11-4-14-36-20-5-2-1-3-6-20;1-5-14-29-15-11-22(12-16-29)26(19-29)34-27(30)28(18-23-8-6-20(2)33-23)13-10-21-7-9-24(31-3)25(17-21)32-4;2*3-2(4,5)1(6)7;/h9-12,20,25,29H,5-8,13-19,21-22H2,1-4H3;1-3,5-8,15-16,19,26H,4,9-14,17-18H2;5-9,17,22,26H,1,10-16,18-19H2,2-4H3;2*(H,6,7);1H/q3*+1;;;/p-3/t25?,29-,33?;19?,26-,34?;22?,26-,29?;;;/m000.../s1. The molecule has 9 saturated heterocycles. The van der Waals surface area contributed by atoms with Crippen LogP contribution < -0.4 is 55.8 Å². The topological polar surface area (TPSA) is 268 Å². The van der Waals surface area contributed by atoms with Crippen molar-refractivity contribution in [3.63, 3.8) is 0 Å². The summed E-state index contributed by atoms with van der Waals surface area (Å²) in [5.74, 6) is -1.91. The number of hydrogen-bond acceptors (Lipinski definition) is 20. The van der Waals surface area contributed by atoms with E-state index in [0.29, 0.717) is 112 Å². The summed E-state index contributed by atoms with van der Waals surface area (Å²) in [6.07, 6.45) is 0.495. The molecule has 0 unspecified atom stereocenters. The van der Waals surface area contributed by atoms with E-state index in [2.05, 4.69) is 22.5 Å². The third-order valence-electron chi connectivity index (χ3n) is 23.7. The van der Waals surface area contributed by atoms with Gasteiger partial charge in [-0.05, 0) is 152 Å². The lowest BCUT2D eigenvalue weighted by molar-refractivity contribution is -0.946. The maximum absolute atomic E-state index is 14.8. The number of carbonyl (C=O) groups excluding carboxylic acids is 6. The van der Waals surface area contributed by atoms with Crippen molar-refractivity contribution in [3.8, 4) is 28.7 Å². The summed E-state index contributed by atoms with van der Waals surface area (Å²) in [6, 6.07) is 33.8. The van der Waals surface area contributed by atoms with E-state index >= 15 is 0 Å². The number of carboxylic acids is 2. The molecule has 3 amide bonds. The fraction of sp³-hybridized carbons (Fsp3) is 0.511. The van der Waals surface area contributed by atoms with E-state index in [0.717, 1.165) is 197 Å². The highest BCUT2D eigenvalue weighted by atomic mass is 79.9. The van der Waals surface area contributed by atoms with Crippen molar-refractivity contribution >= 4 is 69.1 Å². The lowest BCUT2D eigenvalue weighted by atomic mass is 9.83. The van der Waals surface area contributed by atoms with Crippen LogP contribution in [0.15, 0.2) is 141 Å². The number of carbonyl (C=O) groups is 6. The number of ether oxygens (including phenoxy) is 9. The SMILES string of the molecule is C=CC[N+]12CCC(CC1)[C@@H](OC(=O)N(CCc1ccc(OC)c(OC)c1)Cc1ccc(C)o1)C2.CCOC(=O)CCCC[N+]12CCC(CC1)[C@@H](OC(=O)N(CCc1ccc(OC)c(OC)c1)Cc1ccc(C)o1)C2.O=C(O[C@H]1C[N+]2(CCCOc3ccccc3)CCC1CC2)N(Cc1ccc(Br)s1)c1cc(F)c(F)cc1F.O=C([O-])C(F)(F)F.O=C([O-])C(F)(F)F.[Br-]. The van der Waals surface area contributed by atoms with Gasteiger partial charge in [0.1, 0.15) is 66.2 Å². The summed E-state index contributed by atoms with van der Waals surface area (Å²) >= 11 is 4.76. The predicted molar refractivity (Wildman–Crippen MR) is 446 cm³/mol. The number of carboxylic acid groups (broad SMARTS) is 2. The maximum Gasteiger partial charge on any atom is 0.430 e. The average Bonchev–Trinajstić information content (AvgIpc) is 1.06. The number of piperidine rings is 9. The minimum Gasteiger partial charge on any atom is -1.00 e. The Morgan fingerprint density at radius 2 is 0.976 bits per heavy atom. The van der Waals surface area contributed by atoms with Gasteiger partial charge in [-0.1, -0.05) is 36.9 Å². The molecule has 37 heteroatoms. The van der Waals surface area contributed by atoms with Gasteiger partial charge in [0.15, 0.2) is 52.9 Å². The monoisotopic (exact) mass is 1940 g/mol. The van der Waals surface area contributed by atoms with E-state index < -0.39 is 47.8 Å². The van der Waals surface area contributed by atoms with Crippen molar-refractivity contribution in [1.82, 2.24) is 9.80 Å². The lowest BCUT2D eigenvalue weighted by Crippen LogP contribution is -3.00. The highest BCUT2D eigenvalue weighted by Gasteiger charge is 2.51. The van der Waals surface area contributed by atoms with E-state index in [4.69, 9.17) is 71.3 Å². The molecular formula is C90H111Br2F9N6O19S. The zero-order valence-electron chi connectivity index (χ0n) is 72.1. The van der Waals surface area contributed by atoms with E-state index in [-0.39, 0.29) is 71.6 Å². The molecule has 6 bridgehead atoms. The number of unbranched alkanes of at least 4 members (excludes halogenated alkanes) is 1. The number of rotatable bonds is 33. The quantitative estimate of drug-likeness (QED) is 0.00703. The summed E-state index contributed by atoms with van der Waals surface area (Å²) in [5.41, 5.74) is 1.76. The number of amides is 3. The number of thiophene rings is 1. The normalized spacial score (nSPS) is 21.0. The van der Waals surface area contributed by atoms with Crippen LogP contribution in [0, 0.1) is 49.1 Å². The molecule has 3 aromatic heterocycles. The fourth-order valence-corrected chi connectivity index (χ4v) is 18.5. The number of furan rings is 2. The summed E-state index contributed by atoms with van der Waals surface area (Å²) in [6.45, 7) is 24.2. The first-order valence-corrected chi connectivity index (χ1v) is 43.5. The van der Waals surface area contributed by atoms with Crippen molar-refractivity contribution in [2.45, 2.75) is 148 Å². The van der Waals surface area contributed by atoms with Gasteiger partial charge in [-0.3, -0.25) is 9.69 Å². The minimum absolute atomic E-state index is 0. The van der Waals surface area contributed by atoms with Crippen LogP contribution >= 0.6 is 27.3 Å². The van der Waals surface area contributed by atoms with Gasteiger partial charge in [-0.2, -0.15) is 26.3 Å². The number of benzene rings is 4. The molecule has 3 atom stereocenters. The van der Waals surface area contributed by atoms with Gasteiger partial charge >= 0.3 is 36.6 Å². The zero-order valence-corrected chi connectivity index (χ0v) is 76.1. The smallest absolute Gasteiger partial charge is 0.430 e. The zero-order chi connectivity index (χ0) is 91.5. The Labute approximate surface area is 756 Å². The van der Waals surface area contributed by atoms with Gasteiger partial charge in [-0.15, -0.1) is 11.3 Å². The highest BCUT2D eigenvalue weighted by Crippen LogP contribution is 2.41. The number of aliphatic carboxylic acids is 2. The average molecular weight is 1940 g/mol. The van der Waals surface area contributed by atoms with Crippen LogP contribution in [0.1, 0.15) is 110 Å². The first-order valence-electron chi connectivity index (χ1n) is 41.9. The Balaban J connectivity index is 0.000000218. The van der Waals surface area contributed by atoms with Crippen LogP contribution in [-0.2, 0) is 65.8 Å². The molecule has 0 saturated carbocycles. The second kappa shape index (κ2) is 48.1. The third kappa shape index (κ3) is 30.5. The molecule has 698 valence electrons. The van der Waals surface area contributed by atoms with Crippen LogP contribution in [0.3, 0.4) is 0 Å². The number of para-hydroxylation sites is 1. The van der Waals surface area contributed by atoms with E-state index in [1.165, 1.54) is 11.3 Å². The number of fused-ring (bicyclic) bond motifs is 9. The molecule has 4 aromatic carbocycles. The van der Waals surface area contributed by atoms with Crippen LogP contribution in [0.4, 0.5) is 59.6 Å². The molecule has 16 rings (SSSR count). The number of esters is 1. The second-order valence-corrected chi connectivity index (χ2v) is 34.8. The molecule has 0 N–H and O–H groups in total. The van der Waals surface area contributed by atoms with Crippen LogP contribution in [0.5, 0.6) is 28.7 Å². The summed E-state index contributed by atoms with van der Waals surface area (Å²) in [7, 11) is 6.48. The first-order chi connectivity index (χ1) is 60.0. The summed E-state index contributed by atoms with van der Waals surface area (Å²) < 4.78 is 172. The van der Waals surface area contributed by atoms with Crippen LogP contribution in [-0.4, -0.2) is 223 Å². The van der Waals surface area contributed by atoms with E-state index in [1.54, 1.807) is 44.3 Å². The molecule has 12 heterocycles. The number of quaternary nitrogens is 3. The Kier molecular flexibility index (Phi) is 38.9. The van der Waals surface area contributed by atoms with Crippen molar-refractivity contribution in [1.29, 1.82) is 0 Å². The van der Waals surface area contributed by atoms with Crippen molar-refractivity contribution in [3.05, 3.63) is 188 Å². The number of aryl methyl sites for hydroxylation is 2. The lowest BCUT2D eigenvalue weighted by Gasteiger charge is -2.52. The van der Waals surface area contributed by atoms with Crippen LogP contribution in [0.25, 0.3) is 0 Å². The van der Waals surface area contributed by atoms with Gasteiger partial charge in [-0.25, -0.2) is 27.6 Å². The Bertz CT molecular complexity index is 4680. The van der Waals surface area contributed by atoms with Gasteiger partial charge in [0, 0.05) is 99.2 Å². The highest BCUT2D eigenvalue weighted by molar-refractivity contribution is 9.11. The number of halogens is 11. The Morgan fingerprint density at radius 3 is 1.39 bits per heavy atom. The number of anilines is 1. The third-order valence-corrected chi connectivity index (χ3v) is 25.3. The minimum atomic E-state index is -5.19. The molecule has 0 aliphatic carbocycles. The van der Waals surface area contributed by atoms with Gasteiger partial charge in [0.2, 0.25) is 0 Å². The molecule has 0 spiro atoms. The summed E-state index contributed by atoms with van der Waals surface area (Å²) in [5, 5.41) is 17.6. The Morgan fingerprint density at radius 1 is 0.543 bits per heavy atom. The molecule has 127 heavy (non-hydrogen) atoms. The predicted octanol–water partition coefficient (Wildman–Crippen LogP) is 12.5. The first kappa shape index (κ1) is 103. The van der Waals surface area contributed by atoms with E-state index in [1.807, 2.05) is 124 Å².